The van der Waals surface area contributed by atoms with Crippen LogP contribution >= 0.6 is 11.6 Å². The highest BCUT2D eigenvalue weighted by molar-refractivity contribution is 6.30. The first-order chi connectivity index (χ1) is 8.06. The van der Waals surface area contributed by atoms with E-state index in [1.807, 2.05) is 13.0 Å². The molecule has 17 heavy (non-hydrogen) atoms. The molecule has 2 aromatic rings. The minimum absolute atomic E-state index is 0.0880. The molecular formula is C13H11ClFNO. The maximum absolute atomic E-state index is 13.2. The molecule has 0 fully saturated rings. The lowest BCUT2D eigenvalue weighted by atomic mass is 10.2. The summed E-state index contributed by atoms with van der Waals surface area (Å²) in [5.41, 5.74) is 1.52. The Morgan fingerprint density at radius 1 is 1.29 bits per heavy atom. The van der Waals surface area contributed by atoms with Crippen LogP contribution in [-0.2, 0) is 6.54 Å². The molecule has 88 valence electrons. The molecular weight excluding hydrogens is 241 g/mol. The average Bonchev–Trinajstić information content (AvgIpc) is 2.27. The van der Waals surface area contributed by atoms with E-state index in [1.165, 1.54) is 16.7 Å². The summed E-state index contributed by atoms with van der Waals surface area (Å²) in [6.45, 7) is 2.20. The van der Waals surface area contributed by atoms with Crippen LogP contribution in [0.3, 0.4) is 0 Å². The van der Waals surface area contributed by atoms with Crippen LogP contribution < -0.4 is 5.56 Å². The van der Waals surface area contributed by atoms with E-state index in [-0.39, 0.29) is 10.6 Å². The van der Waals surface area contributed by atoms with E-state index in [9.17, 15) is 9.18 Å². The standard InChI is InChI=1S/C13H11ClFNO/c1-9-4-5-16(13(17)6-9)8-10-2-3-11(14)12(15)7-10/h2-7H,8H2,1H3. The highest BCUT2D eigenvalue weighted by Gasteiger charge is 2.02. The summed E-state index contributed by atoms with van der Waals surface area (Å²) in [4.78, 5) is 11.6. The molecule has 0 saturated carbocycles. The minimum Gasteiger partial charge on any atom is -0.311 e. The van der Waals surface area contributed by atoms with Crippen molar-refractivity contribution >= 4 is 11.6 Å². The molecule has 1 heterocycles. The first-order valence-electron chi connectivity index (χ1n) is 5.17. The first-order valence-corrected chi connectivity index (χ1v) is 5.55. The number of nitrogens with zero attached hydrogens (tertiary/aromatic N) is 1. The Hall–Kier alpha value is -1.61. The van der Waals surface area contributed by atoms with Crippen molar-refractivity contribution in [3.8, 4) is 0 Å². The molecule has 0 aliphatic heterocycles. The summed E-state index contributed by atoms with van der Waals surface area (Å²) in [7, 11) is 0. The molecule has 0 saturated heterocycles. The van der Waals surface area contributed by atoms with Crippen LogP contribution in [0, 0.1) is 12.7 Å². The molecule has 1 aromatic heterocycles. The van der Waals surface area contributed by atoms with Gasteiger partial charge in [-0.1, -0.05) is 17.7 Å². The number of aryl methyl sites for hydroxylation is 1. The molecule has 0 aliphatic carbocycles. The largest absolute Gasteiger partial charge is 0.311 e. The number of hydrogen-bond donors (Lipinski definition) is 0. The maximum Gasteiger partial charge on any atom is 0.251 e. The van der Waals surface area contributed by atoms with E-state index in [0.29, 0.717) is 12.1 Å². The zero-order valence-electron chi connectivity index (χ0n) is 9.28. The topological polar surface area (TPSA) is 22.0 Å². The van der Waals surface area contributed by atoms with Gasteiger partial charge in [-0.2, -0.15) is 0 Å². The molecule has 0 spiro atoms. The van der Waals surface area contributed by atoms with Gasteiger partial charge in [0.1, 0.15) is 5.82 Å². The SMILES string of the molecule is Cc1ccn(Cc2ccc(Cl)c(F)c2)c(=O)c1. The van der Waals surface area contributed by atoms with Gasteiger partial charge in [-0.25, -0.2) is 4.39 Å². The minimum atomic E-state index is -0.468. The van der Waals surface area contributed by atoms with Gasteiger partial charge in [-0.05, 0) is 36.2 Å². The van der Waals surface area contributed by atoms with Crippen molar-refractivity contribution in [1.29, 1.82) is 0 Å². The van der Waals surface area contributed by atoms with Crippen molar-refractivity contribution in [1.82, 2.24) is 4.57 Å². The molecule has 0 unspecified atom stereocenters. The van der Waals surface area contributed by atoms with Crippen LogP contribution in [-0.4, -0.2) is 4.57 Å². The van der Waals surface area contributed by atoms with Crippen molar-refractivity contribution in [2.45, 2.75) is 13.5 Å². The Labute approximate surface area is 103 Å². The number of pyridine rings is 1. The third-order valence-electron chi connectivity index (χ3n) is 2.49. The highest BCUT2D eigenvalue weighted by atomic mass is 35.5. The molecule has 0 radical (unpaired) electrons. The van der Waals surface area contributed by atoms with E-state index in [4.69, 9.17) is 11.6 Å². The van der Waals surface area contributed by atoms with Gasteiger partial charge in [-0.3, -0.25) is 4.79 Å². The Morgan fingerprint density at radius 3 is 2.71 bits per heavy atom. The second kappa shape index (κ2) is 4.72. The van der Waals surface area contributed by atoms with E-state index >= 15 is 0 Å². The lowest BCUT2D eigenvalue weighted by Crippen LogP contribution is -2.19. The van der Waals surface area contributed by atoms with E-state index in [1.54, 1.807) is 18.3 Å². The van der Waals surface area contributed by atoms with E-state index in [0.717, 1.165) is 5.56 Å². The van der Waals surface area contributed by atoms with Gasteiger partial charge < -0.3 is 4.57 Å². The smallest absolute Gasteiger partial charge is 0.251 e. The molecule has 1 aromatic carbocycles. The molecule has 0 aliphatic rings. The fraction of sp³-hybridized carbons (Fsp3) is 0.154. The van der Waals surface area contributed by atoms with Crippen LogP contribution in [0.25, 0.3) is 0 Å². The van der Waals surface area contributed by atoms with Gasteiger partial charge in [0, 0.05) is 12.3 Å². The highest BCUT2D eigenvalue weighted by Crippen LogP contribution is 2.15. The van der Waals surface area contributed by atoms with Crippen LogP contribution in [0.5, 0.6) is 0 Å². The normalized spacial score (nSPS) is 10.5. The van der Waals surface area contributed by atoms with Gasteiger partial charge in [0.05, 0.1) is 11.6 Å². The van der Waals surface area contributed by atoms with E-state index in [2.05, 4.69) is 0 Å². The summed E-state index contributed by atoms with van der Waals surface area (Å²) in [6, 6.07) is 7.93. The Bertz CT molecular complexity index is 607. The molecule has 2 nitrogen and oxygen atoms in total. The van der Waals surface area contributed by atoms with Crippen molar-refractivity contribution in [3.05, 3.63) is 68.8 Å². The fourth-order valence-corrected chi connectivity index (χ4v) is 1.69. The summed E-state index contributed by atoms with van der Waals surface area (Å²) < 4.78 is 14.8. The Balaban J connectivity index is 2.31. The molecule has 0 N–H and O–H groups in total. The number of rotatable bonds is 2. The van der Waals surface area contributed by atoms with Crippen molar-refractivity contribution in [3.63, 3.8) is 0 Å². The third-order valence-corrected chi connectivity index (χ3v) is 2.80. The maximum atomic E-state index is 13.2. The molecule has 0 atom stereocenters. The monoisotopic (exact) mass is 251 g/mol. The van der Waals surface area contributed by atoms with Crippen LogP contribution in [0.4, 0.5) is 4.39 Å². The predicted octanol–water partition coefficient (Wildman–Crippen LogP) is 3.00. The number of hydrogen-bond acceptors (Lipinski definition) is 1. The predicted molar refractivity (Wildman–Crippen MR) is 66.0 cm³/mol. The van der Waals surface area contributed by atoms with Crippen molar-refractivity contribution in [2.75, 3.05) is 0 Å². The van der Waals surface area contributed by atoms with Crippen LogP contribution in [0.2, 0.25) is 5.02 Å². The quantitative estimate of drug-likeness (QED) is 0.804. The van der Waals surface area contributed by atoms with Gasteiger partial charge in [-0.15, -0.1) is 0 Å². The molecule has 4 heteroatoms. The lowest BCUT2D eigenvalue weighted by Gasteiger charge is -2.06. The van der Waals surface area contributed by atoms with Gasteiger partial charge >= 0.3 is 0 Å². The number of aromatic nitrogens is 1. The first kappa shape index (κ1) is 11.9. The summed E-state index contributed by atoms with van der Waals surface area (Å²) in [5.74, 6) is -0.468. The fourth-order valence-electron chi connectivity index (χ4n) is 1.57. The van der Waals surface area contributed by atoms with Crippen molar-refractivity contribution in [2.24, 2.45) is 0 Å². The Kier molecular flexibility index (Phi) is 3.29. The number of benzene rings is 1. The summed E-state index contributed by atoms with van der Waals surface area (Å²) in [5, 5.41) is 0.0880. The molecule has 0 amide bonds. The van der Waals surface area contributed by atoms with E-state index < -0.39 is 5.82 Å². The number of halogens is 2. The summed E-state index contributed by atoms with van der Waals surface area (Å²) >= 11 is 5.59. The lowest BCUT2D eigenvalue weighted by molar-refractivity contribution is 0.623. The zero-order valence-corrected chi connectivity index (χ0v) is 10.0. The van der Waals surface area contributed by atoms with Gasteiger partial charge in [0.25, 0.3) is 5.56 Å². The Morgan fingerprint density at radius 2 is 2.06 bits per heavy atom. The molecule has 0 bridgehead atoms. The second-order valence-electron chi connectivity index (χ2n) is 3.92. The zero-order chi connectivity index (χ0) is 12.4. The van der Waals surface area contributed by atoms with Crippen LogP contribution in [0.15, 0.2) is 41.3 Å². The summed E-state index contributed by atoms with van der Waals surface area (Å²) in [6.07, 6.45) is 1.70. The van der Waals surface area contributed by atoms with Crippen molar-refractivity contribution < 1.29 is 4.39 Å². The average molecular weight is 252 g/mol. The molecule has 2 rings (SSSR count). The third kappa shape index (κ3) is 2.74. The second-order valence-corrected chi connectivity index (χ2v) is 4.33. The van der Waals surface area contributed by atoms with Crippen LogP contribution in [0.1, 0.15) is 11.1 Å². The van der Waals surface area contributed by atoms with Gasteiger partial charge in [0.15, 0.2) is 0 Å². The van der Waals surface area contributed by atoms with Gasteiger partial charge in [0.2, 0.25) is 0 Å².